The van der Waals surface area contributed by atoms with Crippen molar-refractivity contribution in [3.63, 3.8) is 0 Å². The molecule has 4 heterocycles. The summed E-state index contributed by atoms with van der Waals surface area (Å²) in [5.74, 6) is 0.581. The number of pyridine rings is 1. The second kappa shape index (κ2) is 5.17. The standard InChI is InChI=1S/C14H20N4O/c1-15-11-2-5-16-12(8-11)14(19)17-13-9-18-6-3-10(13)4-7-18/h2,5,8,10,13H,3-4,6-7,9H2,1H3,(H,15,16)(H,17,19). The molecular weight excluding hydrogens is 240 g/mol. The number of aromatic nitrogens is 1. The zero-order valence-corrected chi connectivity index (χ0v) is 11.2. The van der Waals surface area contributed by atoms with Gasteiger partial charge >= 0.3 is 0 Å². The minimum atomic E-state index is -0.0594. The Morgan fingerprint density at radius 3 is 2.84 bits per heavy atom. The van der Waals surface area contributed by atoms with Gasteiger partial charge in [-0.3, -0.25) is 9.78 Å². The molecule has 2 bridgehead atoms. The lowest BCUT2D eigenvalue weighted by molar-refractivity contribution is 0.0618. The van der Waals surface area contributed by atoms with Gasteiger partial charge in [-0.1, -0.05) is 0 Å². The fourth-order valence-corrected chi connectivity index (χ4v) is 3.08. The van der Waals surface area contributed by atoms with Gasteiger partial charge in [0.05, 0.1) is 0 Å². The van der Waals surface area contributed by atoms with Crippen LogP contribution in [-0.2, 0) is 0 Å². The Morgan fingerprint density at radius 2 is 2.21 bits per heavy atom. The number of hydrogen-bond acceptors (Lipinski definition) is 4. The summed E-state index contributed by atoms with van der Waals surface area (Å²) in [4.78, 5) is 18.8. The van der Waals surface area contributed by atoms with Gasteiger partial charge in [0.1, 0.15) is 5.69 Å². The largest absolute Gasteiger partial charge is 0.388 e. The van der Waals surface area contributed by atoms with Crippen LogP contribution >= 0.6 is 0 Å². The summed E-state index contributed by atoms with van der Waals surface area (Å²) in [5, 5.41) is 6.17. The SMILES string of the molecule is CNc1ccnc(C(=O)NC2CN3CCC2CC3)c1. The van der Waals surface area contributed by atoms with Crippen LogP contribution in [0.15, 0.2) is 18.3 Å². The number of hydrogen-bond donors (Lipinski definition) is 2. The van der Waals surface area contributed by atoms with E-state index >= 15 is 0 Å². The zero-order chi connectivity index (χ0) is 13.2. The van der Waals surface area contributed by atoms with Crippen LogP contribution in [0.4, 0.5) is 5.69 Å². The molecule has 3 aliphatic rings. The molecule has 0 aliphatic carbocycles. The van der Waals surface area contributed by atoms with E-state index < -0.39 is 0 Å². The van der Waals surface area contributed by atoms with Crippen LogP contribution in [0.3, 0.4) is 0 Å². The molecule has 0 spiro atoms. The number of anilines is 1. The molecular formula is C14H20N4O. The molecule has 3 aliphatic heterocycles. The van der Waals surface area contributed by atoms with Crippen LogP contribution < -0.4 is 10.6 Å². The van der Waals surface area contributed by atoms with E-state index in [-0.39, 0.29) is 11.9 Å². The Labute approximate surface area is 113 Å². The van der Waals surface area contributed by atoms with Crippen molar-refractivity contribution in [2.75, 3.05) is 32.0 Å². The molecule has 0 aromatic carbocycles. The van der Waals surface area contributed by atoms with Crippen LogP contribution in [0.5, 0.6) is 0 Å². The molecule has 19 heavy (non-hydrogen) atoms. The number of carbonyl (C=O) groups excluding carboxylic acids is 1. The summed E-state index contributed by atoms with van der Waals surface area (Å²) in [6.45, 7) is 3.36. The Bertz CT molecular complexity index is 468. The van der Waals surface area contributed by atoms with Gasteiger partial charge in [-0.15, -0.1) is 0 Å². The fraction of sp³-hybridized carbons (Fsp3) is 0.571. The first kappa shape index (κ1) is 12.4. The maximum Gasteiger partial charge on any atom is 0.270 e. The third kappa shape index (κ3) is 2.56. The van der Waals surface area contributed by atoms with Crippen LogP contribution in [-0.4, -0.2) is 48.5 Å². The first-order valence-electron chi connectivity index (χ1n) is 6.93. The molecule has 1 aromatic heterocycles. The van der Waals surface area contributed by atoms with E-state index in [9.17, 15) is 4.79 Å². The normalized spacial score (nSPS) is 29.0. The van der Waals surface area contributed by atoms with Gasteiger partial charge in [-0.25, -0.2) is 0 Å². The Balaban J connectivity index is 1.67. The van der Waals surface area contributed by atoms with Gasteiger partial charge in [0.25, 0.3) is 5.91 Å². The van der Waals surface area contributed by atoms with Gasteiger partial charge in [0.15, 0.2) is 0 Å². The van der Waals surface area contributed by atoms with E-state index in [2.05, 4.69) is 20.5 Å². The lowest BCUT2D eigenvalue weighted by atomic mass is 9.84. The summed E-state index contributed by atoms with van der Waals surface area (Å²) in [6, 6.07) is 3.93. The molecule has 4 rings (SSSR count). The quantitative estimate of drug-likeness (QED) is 0.849. The molecule has 102 valence electrons. The van der Waals surface area contributed by atoms with Crippen molar-refractivity contribution in [2.45, 2.75) is 18.9 Å². The molecule has 3 saturated heterocycles. The summed E-state index contributed by atoms with van der Waals surface area (Å²) in [7, 11) is 1.84. The van der Waals surface area contributed by atoms with Crippen molar-refractivity contribution < 1.29 is 4.79 Å². The van der Waals surface area contributed by atoms with Gasteiger partial charge < -0.3 is 15.5 Å². The number of piperidine rings is 3. The van der Waals surface area contributed by atoms with Crippen molar-refractivity contribution in [1.82, 2.24) is 15.2 Å². The molecule has 0 radical (unpaired) electrons. The average molecular weight is 260 g/mol. The van der Waals surface area contributed by atoms with Crippen molar-refractivity contribution in [1.29, 1.82) is 0 Å². The van der Waals surface area contributed by atoms with Crippen molar-refractivity contribution in [2.24, 2.45) is 5.92 Å². The predicted octanol–water partition coefficient (Wildman–Crippen LogP) is 0.947. The number of amides is 1. The molecule has 1 atom stereocenters. The van der Waals surface area contributed by atoms with Crippen molar-refractivity contribution >= 4 is 11.6 Å². The molecule has 1 aromatic rings. The number of rotatable bonds is 3. The summed E-state index contributed by atoms with van der Waals surface area (Å²) < 4.78 is 0. The number of nitrogens with zero attached hydrogens (tertiary/aromatic N) is 2. The second-order valence-electron chi connectivity index (χ2n) is 5.40. The Hall–Kier alpha value is -1.62. The average Bonchev–Trinajstić information content (AvgIpc) is 2.48. The molecule has 1 unspecified atom stereocenters. The summed E-state index contributed by atoms with van der Waals surface area (Å²) in [5.41, 5.74) is 1.40. The third-order valence-electron chi connectivity index (χ3n) is 4.25. The first-order chi connectivity index (χ1) is 9.26. The smallest absolute Gasteiger partial charge is 0.270 e. The molecule has 3 fully saturated rings. The molecule has 5 nitrogen and oxygen atoms in total. The summed E-state index contributed by atoms with van der Waals surface area (Å²) >= 11 is 0. The lowest BCUT2D eigenvalue weighted by Crippen LogP contribution is -2.57. The predicted molar refractivity (Wildman–Crippen MR) is 74.2 cm³/mol. The molecule has 5 heteroatoms. The zero-order valence-electron chi connectivity index (χ0n) is 11.2. The van der Waals surface area contributed by atoms with E-state index in [1.165, 1.54) is 25.9 Å². The number of fused-ring (bicyclic) bond motifs is 3. The molecule has 0 saturated carbocycles. The van der Waals surface area contributed by atoms with Gasteiger partial charge in [0, 0.05) is 31.5 Å². The number of carbonyl (C=O) groups is 1. The Morgan fingerprint density at radius 1 is 1.42 bits per heavy atom. The van der Waals surface area contributed by atoms with Crippen molar-refractivity contribution in [3.05, 3.63) is 24.0 Å². The Kier molecular flexibility index (Phi) is 3.38. The van der Waals surface area contributed by atoms with E-state index in [4.69, 9.17) is 0 Å². The lowest BCUT2D eigenvalue weighted by Gasteiger charge is -2.44. The van der Waals surface area contributed by atoms with Crippen LogP contribution in [0.25, 0.3) is 0 Å². The third-order valence-corrected chi connectivity index (χ3v) is 4.25. The van der Waals surface area contributed by atoms with Gasteiger partial charge in [0.2, 0.25) is 0 Å². The minimum absolute atomic E-state index is 0.0594. The minimum Gasteiger partial charge on any atom is -0.388 e. The first-order valence-corrected chi connectivity index (χ1v) is 6.93. The van der Waals surface area contributed by atoms with Crippen LogP contribution in [0.2, 0.25) is 0 Å². The molecule has 1 amide bonds. The van der Waals surface area contributed by atoms with Crippen molar-refractivity contribution in [3.8, 4) is 0 Å². The van der Waals surface area contributed by atoms with Gasteiger partial charge in [-0.2, -0.15) is 0 Å². The summed E-state index contributed by atoms with van der Waals surface area (Å²) in [6.07, 6.45) is 4.07. The highest BCUT2D eigenvalue weighted by atomic mass is 16.1. The van der Waals surface area contributed by atoms with Crippen LogP contribution in [0, 0.1) is 5.92 Å². The van der Waals surface area contributed by atoms with E-state index in [1.807, 2.05) is 13.1 Å². The highest BCUT2D eigenvalue weighted by molar-refractivity contribution is 5.93. The second-order valence-corrected chi connectivity index (χ2v) is 5.40. The topological polar surface area (TPSA) is 57.3 Å². The van der Waals surface area contributed by atoms with Gasteiger partial charge in [-0.05, 0) is 44.0 Å². The number of nitrogens with one attached hydrogen (secondary N) is 2. The van der Waals surface area contributed by atoms with Crippen LogP contribution in [0.1, 0.15) is 23.3 Å². The van der Waals surface area contributed by atoms with E-state index in [0.717, 1.165) is 12.2 Å². The maximum absolute atomic E-state index is 12.2. The highest BCUT2D eigenvalue weighted by Crippen LogP contribution is 2.27. The van der Waals surface area contributed by atoms with E-state index in [1.54, 1.807) is 12.3 Å². The monoisotopic (exact) mass is 260 g/mol. The molecule has 2 N–H and O–H groups in total. The van der Waals surface area contributed by atoms with E-state index in [0.29, 0.717) is 11.6 Å². The maximum atomic E-state index is 12.2. The highest BCUT2D eigenvalue weighted by Gasteiger charge is 2.35. The fourth-order valence-electron chi connectivity index (χ4n) is 3.08.